The van der Waals surface area contributed by atoms with Crippen LogP contribution in [-0.2, 0) is 11.3 Å². The highest BCUT2D eigenvalue weighted by molar-refractivity contribution is 5.52. The Hall–Kier alpha value is -1.13. The van der Waals surface area contributed by atoms with Gasteiger partial charge in [-0.1, -0.05) is 0 Å². The Morgan fingerprint density at radius 3 is 3.00 bits per heavy atom. The number of nitrogens with one attached hydrogen (secondary N) is 1. The van der Waals surface area contributed by atoms with E-state index in [1.165, 1.54) is 11.3 Å². The van der Waals surface area contributed by atoms with Gasteiger partial charge in [0.15, 0.2) is 0 Å². The van der Waals surface area contributed by atoms with E-state index in [2.05, 4.69) is 49.0 Å². The highest BCUT2D eigenvalue weighted by Gasteiger charge is 2.18. The van der Waals surface area contributed by atoms with E-state index in [4.69, 9.17) is 4.74 Å². The lowest BCUT2D eigenvalue weighted by molar-refractivity contribution is 0.0820. The van der Waals surface area contributed by atoms with Gasteiger partial charge in [-0.05, 0) is 45.7 Å². The molecule has 4 nitrogen and oxygen atoms in total. The van der Waals surface area contributed by atoms with Gasteiger partial charge < -0.3 is 15.0 Å². The van der Waals surface area contributed by atoms with E-state index in [0.717, 1.165) is 32.7 Å². The first kappa shape index (κ1) is 15.3. The molecule has 0 saturated carbocycles. The lowest BCUT2D eigenvalue weighted by Crippen LogP contribution is -2.36. The molecule has 1 aliphatic heterocycles. The van der Waals surface area contributed by atoms with Gasteiger partial charge in [0.1, 0.15) is 0 Å². The zero-order chi connectivity index (χ0) is 14.6. The third kappa shape index (κ3) is 4.46. The molecule has 0 spiro atoms. The first-order valence-electron chi connectivity index (χ1n) is 7.50. The van der Waals surface area contributed by atoms with E-state index in [9.17, 15) is 0 Å². The summed E-state index contributed by atoms with van der Waals surface area (Å²) < 4.78 is 5.73. The number of pyridine rings is 1. The second kappa shape index (κ2) is 6.55. The Labute approximate surface area is 122 Å². The van der Waals surface area contributed by atoms with Gasteiger partial charge in [0, 0.05) is 38.0 Å². The topological polar surface area (TPSA) is 37.4 Å². The molecule has 2 heterocycles. The second-order valence-corrected chi connectivity index (χ2v) is 6.59. The summed E-state index contributed by atoms with van der Waals surface area (Å²) in [6, 6.07) is 2.12. The molecule has 0 amide bonds. The highest BCUT2D eigenvalue weighted by atomic mass is 16.5. The van der Waals surface area contributed by atoms with Gasteiger partial charge in [-0.2, -0.15) is 0 Å². The Bertz CT molecular complexity index is 428. The standard InChI is InChI=1S/C16H27N3O/c1-13-12-19(8-5-9-20-13)15-11-17-7-6-14(15)10-18-16(2,3)4/h6-7,11,13,18H,5,8-10,12H2,1-4H3. The van der Waals surface area contributed by atoms with E-state index in [-0.39, 0.29) is 11.6 Å². The number of ether oxygens (including phenoxy) is 1. The zero-order valence-corrected chi connectivity index (χ0v) is 13.1. The van der Waals surface area contributed by atoms with Crippen LogP contribution in [0.1, 0.15) is 39.7 Å². The normalized spacial score (nSPS) is 20.8. The fraction of sp³-hybridized carbons (Fsp3) is 0.688. The summed E-state index contributed by atoms with van der Waals surface area (Å²) in [6.07, 6.45) is 5.21. The molecule has 1 aromatic rings. The minimum Gasteiger partial charge on any atom is -0.377 e. The monoisotopic (exact) mass is 277 g/mol. The van der Waals surface area contributed by atoms with Crippen LogP contribution in [0.4, 0.5) is 5.69 Å². The van der Waals surface area contributed by atoms with Crippen molar-refractivity contribution in [3.05, 3.63) is 24.0 Å². The average Bonchev–Trinajstić information content (AvgIpc) is 2.60. The molecule has 0 aliphatic carbocycles. The summed E-state index contributed by atoms with van der Waals surface area (Å²) in [7, 11) is 0. The fourth-order valence-electron chi connectivity index (χ4n) is 2.42. The van der Waals surface area contributed by atoms with Crippen LogP contribution in [0.3, 0.4) is 0 Å². The molecular formula is C16H27N3O. The summed E-state index contributed by atoms with van der Waals surface area (Å²) in [5, 5.41) is 3.56. The van der Waals surface area contributed by atoms with Crippen molar-refractivity contribution in [3.63, 3.8) is 0 Å². The molecule has 112 valence electrons. The third-order valence-electron chi connectivity index (χ3n) is 3.49. The van der Waals surface area contributed by atoms with Crippen LogP contribution in [0.2, 0.25) is 0 Å². The van der Waals surface area contributed by atoms with Crippen molar-refractivity contribution in [3.8, 4) is 0 Å². The molecule has 0 bridgehead atoms. The Morgan fingerprint density at radius 1 is 1.45 bits per heavy atom. The molecule has 4 heteroatoms. The van der Waals surface area contributed by atoms with Crippen molar-refractivity contribution in [1.82, 2.24) is 10.3 Å². The predicted octanol–water partition coefficient (Wildman–Crippen LogP) is 2.58. The van der Waals surface area contributed by atoms with E-state index < -0.39 is 0 Å². The second-order valence-electron chi connectivity index (χ2n) is 6.59. The highest BCUT2D eigenvalue weighted by Crippen LogP contribution is 2.22. The maximum atomic E-state index is 5.73. The number of nitrogens with zero attached hydrogens (tertiary/aromatic N) is 2. The van der Waals surface area contributed by atoms with Gasteiger partial charge in [-0.25, -0.2) is 0 Å². The molecule has 1 N–H and O–H groups in total. The minimum atomic E-state index is 0.121. The maximum absolute atomic E-state index is 5.73. The van der Waals surface area contributed by atoms with Gasteiger partial charge in [0.05, 0.1) is 18.0 Å². The van der Waals surface area contributed by atoms with Gasteiger partial charge in [0.25, 0.3) is 0 Å². The van der Waals surface area contributed by atoms with Crippen molar-refractivity contribution in [2.75, 3.05) is 24.6 Å². The summed E-state index contributed by atoms with van der Waals surface area (Å²) in [5.74, 6) is 0. The Kier molecular flexibility index (Phi) is 5.00. The molecule has 0 aromatic carbocycles. The summed E-state index contributed by atoms with van der Waals surface area (Å²) in [4.78, 5) is 6.72. The summed E-state index contributed by atoms with van der Waals surface area (Å²) in [5.41, 5.74) is 2.67. The van der Waals surface area contributed by atoms with E-state index >= 15 is 0 Å². The maximum Gasteiger partial charge on any atom is 0.0721 e. The zero-order valence-electron chi connectivity index (χ0n) is 13.1. The van der Waals surface area contributed by atoms with E-state index in [1.54, 1.807) is 0 Å². The Balaban J connectivity index is 2.13. The number of hydrogen-bond acceptors (Lipinski definition) is 4. The minimum absolute atomic E-state index is 0.121. The van der Waals surface area contributed by atoms with Crippen LogP contribution in [0.5, 0.6) is 0 Å². The lowest BCUT2D eigenvalue weighted by Gasteiger charge is -2.28. The van der Waals surface area contributed by atoms with Crippen molar-refractivity contribution in [2.45, 2.75) is 52.3 Å². The van der Waals surface area contributed by atoms with Crippen LogP contribution in [0, 0.1) is 0 Å². The quantitative estimate of drug-likeness (QED) is 0.921. The van der Waals surface area contributed by atoms with Crippen LogP contribution < -0.4 is 10.2 Å². The van der Waals surface area contributed by atoms with Crippen molar-refractivity contribution < 1.29 is 4.74 Å². The number of rotatable bonds is 3. The van der Waals surface area contributed by atoms with Crippen LogP contribution in [0.25, 0.3) is 0 Å². The molecule has 2 rings (SSSR count). The van der Waals surface area contributed by atoms with Crippen LogP contribution in [0.15, 0.2) is 18.5 Å². The Morgan fingerprint density at radius 2 is 2.25 bits per heavy atom. The van der Waals surface area contributed by atoms with E-state index in [1.807, 2.05) is 12.4 Å². The van der Waals surface area contributed by atoms with Gasteiger partial charge in [0.2, 0.25) is 0 Å². The van der Waals surface area contributed by atoms with Gasteiger partial charge in [-0.15, -0.1) is 0 Å². The van der Waals surface area contributed by atoms with Crippen LogP contribution in [-0.4, -0.2) is 36.3 Å². The van der Waals surface area contributed by atoms with Crippen molar-refractivity contribution >= 4 is 5.69 Å². The SMILES string of the molecule is CC1CN(c2cnccc2CNC(C)(C)C)CCCO1. The number of aromatic nitrogens is 1. The molecule has 1 atom stereocenters. The third-order valence-corrected chi connectivity index (χ3v) is 3.49. The van der Waals surface area contributed by atoms with E-state index in [0.29, 0.717) is 0 Å². The molecule has 1 unspecified atom stereocenters. The van der Waals surface area contributed by atoms with Gasteiger partial charge in [-0.3, -0.25) is 4.98 Å². The average molecular weight is 277 g/mol. The molecule has 1 aromatic heterocycles. The lowest BCUT2D eigenvalue weighted by atomic mass is 10.1. The summed E-state index contributed by atoms with van der Waals surface area (Å²) >= 11 is 0. The fourth-order valence-corrected chi connectivity index (χ4v) is 2.42. The van der Waals surface area contributed by atoms with Crippen molar-refractivity contribution in [2.24, 2.45) is 0 Å². The van der Waals surface area contributed by atoms with Gasteiger partial charge >= 0.3 is 0 Å². The number of hydrogen-bond donors (Lipinski definition) is 1. The molecule has 20 heavy (non-hydrogen) atoms. The molecular weight excluding hydrogens is 250 g/mol. The molecule has 1 fully saturated rings. The smallest absolute Gasteiger partial charge is 0.0721 e. The molecule has 1 saturated heterocycles. The number of anilines is 1. The van der Waals surface area contributed by atoms with Crippen molar-refractivity contribution in [1.29, 1.82) is 0 Å². The first-order chi connectivity index (χ1) is 9.46. The summed E-state index contributed by atoms with van der Waals surface area (Å²) in [6.45, 7) is 12.4. The largest absolute Gasteiger partial charge is 0.377 e. The first-order valence-corrected chi connectivity index (χ1v) is 7.50. The molecule has 1 aliphatic rings. The predicted molar refractivity (Wildman–Crippen MR) is 83.1 cm³/mol. The molecule has 0 radical (unpaired) electrons. The van der Waals surface area contributed by atoms with Crippen LogP contribution >= 0.6 is 0 Å².